The first-order valence-corrected chi connectivity index (χ1v) is 6.14. The molecule has 0 atom stereocenters. The number of hydrogen-bond acceptors (Lipinski definition) is 3. The van der Waals surface area contributed by atoms with E-state index in [9.17, 15) is 4.79 Å². The molecule has 0 aromatic heterocycles. The minimum Gasteiger partial charge on any atom is -0.492 e. The van der Waals surface area contributed by atoms with Crippen LogP contribution < -0.4 is 15.8 Å². The third-order valence-electron chi connectivity index (χ3n) is 2.04. The van der Waals surface area contributed by atoms with Gasteiger partial charge in [-0.15, -0.1) is 0 Å². The van der Waals surface area contributed by atoms with Crippen LogP contribution in [0.5, 0.6) is 5.75 Å². The quantitative estimate of drug-likeness (QED) is 0.813. The van der Waals surface area contributed by atoms with E-state index in [0.717, 1.165) is 10.2 Å². The highest BCUT2D eigenvalue weighted by molar-refractivity contribution is 9.10. The number of amides is 1. The summed E-state index contributed by atoms with van der Waals surface area (Å²) in [5, 5.41) is 2.71. The zero-order valence-electron chi connectivity index (χ0n) is 10.00. The average Bonchev–Trinajstić information content (AvgIpc) is 2.23. The molecule has 0 heterocycles. The predicted octanol–water partition coefficient (Wildman–Crippen LogP) is 1.68. The summed E-state index contributed by atoms with van der Waals surface area (Å²) in [5.74, 6) is 0.580. The molecule has 0 saturated carbocycles. The Balaban J connectivity index is 2.28. The number of carbonyl (C=O) groups excluding carboxylic acids is 1. The fraction of sp³-hybridized carbons (Fsp3) is 0.417. The highest BCUT2D eigenvalue weighted by atomic mass is 79.9. The van der Waals surface area contributed by atoms with E-state index in [-0.39, 0.29) is 5.91 Å². The van der Waals surface area contributed by atoms with Crippen LogP contribution in [0.4, 0.5) is 0 Å². The largest absolute Gasteiger partial charge is 0.492 e. The van der Waals surface area contributed by atoms with Gasteiger partial charge in [-0.1, -0.05) is 22.0 Å². The van der Waals surface area contributed by atoms with Gasteiger partial charge < -0.3 is 15.8 Å². The number of rotatable bonds is 5. The molecule has 0 aliphatic heterocycles. The molecular weight excluding hydrogens is 284 g/mol. The topological polar surface area (TPSA) is 64.4 Å². The van der Waals surface area contributed by atoms with Gasteiger partial charge in [0.05, 0.1) is 12.1 Å². The minimum atomic E-state index is -0.851. The van der Waals surface area contributed by atoms with E-state index in [2.05, 4.69) is 21.2 Å². The fourth-order valence-electron chi connectivity index (χ4n) is 1.12. The van der Waals surface area contributed by atoms with Crippen LogP contribution in [0, 0.1) is 0 Å². The number of ether oxygens (including phenoxy) is 1. The molecule has 94 valence electrons. The molecule has 0 fully saturated rings. The van der Waals surface area contributed by atoms with Crippen LogP contribution in [0.3, 0.4) is 0 Å². The van der Waals surface area contributed by atoms with Crippen molar-refractivity contribution in [3.63, 3.8) is 0 Å². The molecule has 17 heavy (non-hydrogen) atoms. The zero-order chi connectivity index (χ0) is 12.9. The van der Waals surface area contributed by atoms with Gasteiger partial charge in [0.1, 0.15) is 12.4 Å². The Morgan fingerprint density at radius 2 is 2.24 bits per heavy atom. The monoisotopic (exact) mass is 300 g/mol. The summed E-state index contributed by atoms with van der Waals surface area (Å²) in [6.07, 6.45) is 0. The summed E-state index contributed by atoms with van der Waals surface area (Å²) >= 11 is 3.35. The van der Waals surface area contributed by atoms with Gasteiger partial charge in [0.25, 0.3) is 0 Å². The molecule has 0 unspecified atom stereocenters. The van der Waals surface area contributed by atoms with Crippen LogP contribution >= 0.6 is 15.9 Å². The molecule has 0 bridgehead atoms. The number of halogens is 1. The van der Waals surface area contributed by atoms with Crippen LogP contribution in [0.2, 0.25) is 0 Å². The second-order valence-corrected chi connectivity index (χ2v) is 5.20. The Labute approximate surface area is 110 Å². The van der Waals surface area contributed by atoms with Crippen molar-refractivity contribution in [3.05, 3.63) is 28.7 Å². The first-order valence-electron chi connectivity index (χ1n) is 5.35. The molecule has 5 heteroatoms. The maximum atomic E-state index is 11.4. The van der Waals surface area contributed by atoms with Crippen molar-refractivity contribution in [3.8, 4) is 5.75 Å². The summed E-state index contributed by atoms with van der Waals surface area (Å²) in [6, 6.07) is 7.54. The molecule has 0 aliphatic rings. The van der Waals surface area contributed by atoms with Crippen LogP contribution in [-0.2, 0) is 4.79 Å². The lowest BCUT2D eigenvalue weighted by Crippen LogP contribution is -2.49. The van der Waals surface area contributed by atoms with Gasteiger partial charge in [-0.2, -0.15) is 0 Å². The molecule has 0 spiro atoms. The molecule has 1 amide bonds. The third-order valence-corrected chi connectivity index (χ3v) is 2.53. The van der Waals surface area contributed by atoms with Gasteiger partial charge in [0.15, 0.2) is 0 Å². The van der Waals surface area contributed by atoms with E-state index in [1.165, 1.54) is 0 Å². The Hall–Kier alpha value is -1.07. The van der Waals surface area contributed by atoms with E-state index in [4.69, 9.17) is 10.5 Å². The maximum Gasteiger partial charge on any atom is 0.239 e. The standard InChI is InChI=1S/C12H17BrN2O2/c1-12(2,14)11(16)15-6-7-17-10-5-3-4-9(13)8-10/h3-5,8H,6-7,14H2,1-2H3,(H,15,16). The second kappa shape index (κ2) is 6.02. The van der Waals surface area contributed by atoms with Crippen LogP contribution in [0.15, 0.2) is 28.7 Å². The third kappa shape index (κ3) is 5.19. The van der Waals surface area contributed by atoms with Crippen molar-refractivity contribution in [1.82, 2.24) is 5.32 Å². The molecule has 0 radical (unpaired) electrons. The van der Waals surface area contributed by atoms with Crippen LogP contribution in [-0.4, -0.2) is 24.6 Å². The summed E-state index contributed by atoms with van der Waals surface area (Å²) < 4.78 is 6.42. The Morgan fingerprint density at radius 3 is 2.82 bits per heavy atom. The van der Waals surface area contributed by atoms with E-state index in [1.807, 2.05) is 24.3 Å². The molecule has 3 N–H and O–H groups in total. The van der Waals surface area contributed by atoms with Crippen molar-refractivity contribution in [2.75, 3.05) is 13.2 Å². The van der Waals surface area contributed by atoms with E-state index >= 15 is 0 Å². The van der Waals surface area contributed by atoms with Gasteiger partial charge in [0, 0.05) is 4.47 Å². The number of benzene rings is 1. The van der Waals surface area contributed by atoms with Crippen LogP contribution in [0.25, 0.3) is 0 Å². The molecule has 1 rings (SSSR count). The van der Waals surface area contributed by atoms with Gasteiger partial charge >= 0.3 is 0 Å². The fourth-order valence-corrected chi connectivity index (χ4v) is 1.50. The van der Waals surface area contributed by atoms with Crippen molar-refractivity contribution in [1.29, 1.82) is 0 Å². The van der Waals surface area contributed by atoms with Crippen molar-refractivity contribution in [2.24, 2.45) is 5.73 Å². The summed E-state index contributed by atoms with van der Waals surface area (Å²) in [5.41, 5.74) is 4.78. The molecule has 0 aliphatic carbocycles. The summed E-state index contributed by atoms with van der Waals surface area (Å²) in [7, 11) is 0. The maximum absolute atomic E-state index is 11.4. The van der Waals surface area contributed by atoms with Gasteiger partial charge in [-0.25, -0.2) is 0 Å². The SMILES string of the molecule is CC(C)(N)C(=O)NCCOc1cccc(Br)c1. The van der Waals surface area contributed by atoms with E-state index in [0.29, 0.717) is 13.2 Å². The number of nitrogens with two attached hydrogens (primary N) is 1. The Kier molecular flexibility index (Phi) is 4.96. The first kappa shape index (κ1) is 14.0. The van der Waals surface area contributed by atoms with Crippen molar-refractivity contribution >= 4 is 21.8 Å². The van der Waals surface area contributed by atoms with Crippen molar-refractivity contribution in [2.45, 2.75) is 19.4 Å². The average molecular weight is 301 g/mol. The molecule has 0 saturated heterocycles. The second-order valence-electron chi connectivity index (χ2n) is 4.28. The minimum absolute atomic E-state index is 0.185. The molecule has 4 nitrogen and oxygen atoms in total. The summed E-state index contributed by atoms with van der Waals surface area (Å²) in [4.78, 5) is 11.4. The number of nitrogens with one attached hydrogen (secondary N) is 1. The Morgan fingerprint density at radius 1 is 1.53 bits per heavy atom. The van der Waals surface area contributed by atoms with Gasteiger partial charge in [-0.05, 0) is 32.0 Å². The Bertz CT molecular complexity index is 388. The normalized spacial score (nSPS) is 11.1. The lowest BCUT2D eigenvalue weighted by atomic mass is 10.1. The summed E-state index contributed by atoms with van der Waals surface area (Å²) in [6.45, 7) is 4.18. The number of hydrogen-bond donors (Lipinski definition) is 2. The molecule has 1 aromatic carbocycles. The lowest BCUT2D eigenvalue weighted by Gasteiger charge is -2.17. The smallest absolute Gasteiger partial charge is 0.239 e. The highest BCUT2D eigenvalue weighted by Gasteiger charge is 2.20. The molecule has 1 aromatic rings. The van der Waals surface area contributed by atoms with Gasteiger partial charge in [0.2, 0.25) is 5.91 Å². The highest BCUT2D eigenvalue weighted by Crippen LogP contribution is 2.17. The van der Waals surface area contributed by atoms with Crippen molar-refractivity contribution < 1.29 is 9.53 Å². The van der Waals surface area contributed by atoms with Gasteiger partial charge in [-0.3, -0.25) is 4.79 Å². The predicted molar refractivity (Wildman–Crippen MR) is 70.9 cm³/mol. The van der Waals surface area contributed by atoms with Crippen LogP contribution in [0.1, 0.15) is 13.8 Å². The lowest BCUT2D eigenvalue weighted by molar-refractivity contribution is -0.125. The van der Waals surface area contributed by atoms with E-state index in [1.54, 1.807) is 13.8 Å². The molecular formula is C12H17BrN2O2. The zero-order valence-corrected chi connectivity index (χ0v) is 11.6. The number of carbonyl (C=O) groups is 1. The van der Waals surface area contributed by atoms with E-state index < -0.39 is 5.54 Å². The first-order chi connectivity index (χ1) is 7.89.